The summed E-state index contributed by atoms with van der Waals surface area (Å²) in [6.45, 7) is 5.68. The highest BCUT2D eigenvalue weighted by atomic mass is 35.5. The molecule has 3 heterocycles. The summed E-state index contributed by atoms with van der Waals surface area (Å²) < 4.78 is 14.9. The Morgan fingerprint density at radius 3 is 2.71 bits per heavy atom. The van der Waals surface area contributed by atoms with E-state index in [2.05, 4.69) is 26.6 Å². The van der Waals surface area contributed by atoms with E-state index in [9.17, 15) is 18.8 Å². The van der Waals surface area contributed by atoms with Crippen LogP contribution in [0.4, 0.5) is 10.2 Å². The van der Waals surface area contributed by atoms with Gasteiger partial charge in [0.2, 0.25) is 12.3 Å². The van der Waals surface area contributed by atoms with E-state index >= 15 is 0 Å². The molecule has 2 aromatic carbocycles. The second kappa shape index (κ2) is 13.4. The maximum absolute atomic E-state index is 14.9. The van der Waals surface area contributed by atoms with Crippen LogP contribution in [0.3, 0.4) is 0 Å². The largest absolute Gasteiger partial charge is 0.357 e. The van der Waals surface area contributed by atoms with Crippen LogP contribution in [0, 0.1) is 11.7 Å². The summed E-state index contributed by atoms with van der Waals surface area (Å²) in [5.74, 6) is 0.509. The number of hydrogen-bond donors (Lipinski definition) is 2. The van der Waals surface area contributed by atoms with Crippen LogP contribution in [0.1, 0.15) is 54.1 Å². The molecule has 0 spiro atoms. The van der Waals surface area contributed by atoms with Gasteiger partial charge in [0.15, 0.2) is 0 Å². The summed E-state index contributed by atoms with van der Waals surface area (Å²) in [6.07, 6.45) is 4.63. The maximum atomic E-state index is 14.9. The number of carbonyl (C=O) groups is 3. The fraction of sp³-hybridized carbons (Fsp3) is 0.375. The summed E-state index contributed by atoms with van der Waals surface area (Å²) in [7, 11) is 0. The van der Waals surface area contributed by atoms with E-state index < -0.39 is 0 Å². The van der Waals surface area contributed by atoms with Crippen molar-refractivity contribution in [2.45, 2.75) is 51.7 Å². The molecule has 1 fully saturated rings. The normalized spacial score (nSPS) is 15.9. The molecule has 5 rings (SSSR count). The highest BCUT2D eigenvalue weighted by Gasteiger charge is 2.31. The first kappa shape index (κ1) is 29.7. The molecular weight excluding hydrogens is 557 g/mol. The Bertz CT molecular complexity index is 1460. The molecule has 2 N–H and O–H groups in total. The topological polar surface area (TPSA) is 94.6 Å². The molecule has 0 saturated carbocycles. The van der Waals surface area contributed by atoms with Gasteiger partial charge in [0.25, 0.3) is 5.91 Å². The number of nitrogens with one attached hydrogen (secondary N) is 2. The molecule has 0 bridgehead atoms. The average Bonchev–Trinajstić information content (AvgIpc) is 3.32. The lowest BCUT2D eigenvalue weighted by molar-refractivity contribution is -0.125. The maximum Gasteiger partial charge on any atom is 0.254 e. The minimum atomic E-state index is -0.339. The van der Waals surface area contributed by atoms with Gasteiger partial charge in [-0.1, -0.05) is 35.9 Å². The third-order valence-corrected chi connectivity index (χ3v) is 8.45. The van der Waals surface area contributed by atoms with Crippen LogP contribution >= 0.6 is 11.6 Å². The second-order valence-corrected chi connectivity index (χ2v) is 11.5. The summed E-state index contributed by atoms with van der Waals surface area (Å²) in [4.78, 5) is 43.4. The molecule has 1 saturated heterocycles. The van der Waals surface area contributed by atoms with Gasteiger partial charge in [0, 0.05) is 67.1 Å². The van der Waals surface area contributed by atoms with Gasteiger partial charge in [0.05, 0.1) is 0 Å². The first-order chi connectivity index (χ1) is 20.3. The van der Waals surface area contributed by atoms with Gasteiger partial charge in [-0.15, -0.1) is 0 Å². The number of rotatable bonds is 11. The lowest BCUT2D eigenvalue weighted by Gasteiger charge is -2.33. The van der Waals surface area contributed by atoms with E-state index in [1.54, 1.807) is 29.3 Å². The van der Waals surface area contributed by atoms with Crippen molar-refractivity contribution < 1.29 is 18.8 Å². The fourth-order valence-corrected chi connectivity index (χ4v) is 5.94. The zero-order chi connectivity index (χ0) is 29.6. The zero-order valence-corrected chi connectivity index (χ0v) is 24.4. The summed E-state index contributed by atoms with van der Waals surface area (Å²) in [5.41, 5.74) is 3.99. The number of imide groups is 1. The number of fused-ring (bicyclic) bond motifs is 1. The van der Waals surface area contributed by atoms with Crippen molar-refractivity contribution in [2.75, 3.05) is 24.5 Å². The SMILES string of the molecule is CC(CCC(=O)NC=O)N1Cc2cc(CNCC3CCN(c4cc(F)c(-c5cccc(Cl)c5)cn4)CC3)ccc2C1=O. The van der Waals surface area contributed by atoms with Crippen LogP contribution < -0.4 is 15.5 Å². The van der Waals surface area contributed by atoms with Gasteiger partial charge in [-0.2, -0.15) is 0 Å². The quantitative estimate of drug-likeness (QED) is 0.307. The third kappa shape index (κ3) is 6.97. The fourth-order valence-electron chi connectivity index (χ4n) is 5.75. The Hall–Kier alpha value is -3.82. The van der Waals surface area contributed by atoms with Crippen LogP contribution in [0.15, 0.2) is 54.7 Å². The molecule has 8 nitrogen and oxygen atoms in total. The Labute approximate surface area is 250 Å². The van der Waals surface area contributed by atoms with Crippen LogP contribution in [0.25, 0.3) is 11.1 Å². The molecule has 1 aromatic heterocycles. The molecule has 10 heteroatoms. The van der Waals surface area contributed by atoms with Gasteiger partial charge in [-0.05, 0) is 73.5 Å². The Kier molecular flexibility index (Phi) is 9.49. The number of pyridine rings is 1. The first-order valence-corrected chi connectivity index (χ1v) is 14.7. The van der Waals surface area contributed by atoms with Crippen molar-refractivity contribution in [3.05, 3.63) is 82.3 Å². The Morgan fingerprint density at radius 2 is 1.98 bits per heavy atom. The van der Waals surface area contributed by atoms with Crippen molar-refractivity contribution in [1.29, 1.82) is 0 Å². The van der Waals surface area contributed by atoms with Crippen molar-refractivity contribution in [1.82, 2.24) is 20.5 Å². The number of benzene rings is 2. The van der Waals surface area contributed by atoms with Crippen molar-refractivity contribution in [2.24, 2.45) is 5.92 Å². The number of hydrogen-bond acceptors (Lipinski definition) is 6. The minimum Gasteiger partial charge on any atom is -0.357 e. The number of amides is 3. The first-order valence-electron chi connectivity index (χ1n) is 14.4. The number of aromatic nitrogens is 1. The number of anilines is 1. The molecule has 2 aliphatic heterocycles. The molecule has 2 aliphatic rings. The summed E-state index contributed by atoms with van der Waals surface area (Å²) in [5, 5.41) is 6.27. The smallest absolute Gasteiger partial charge is 0.254 e. The van der Waals surface area contributed by atoms with Crippen LogP contribution in [-0.4, -0.2) is 53.8 Å². The molecule has 3 aromatic rings. The van der Waals surface area contributed by atoms with Gasteiger partial charge in [-0.25, -0.2) is 9.37 Å². The monoisotopic (exact) mass is 591 g/mol. The van der Waals surface area contributed by atoms with Crippen molar-refractivity contribution in [3.8, 4) is 11.1 Å². The Morgan fingerprint density at radius 1 is 1.17 bits per heavy atom. The van der Waals surface area contributed by atoms with Crippen molar-refractivity contribution in [3.63, 3.8) is 0 Å². The van der Waals surface area contributed by atoms with Gasteiger partial charge >= 0.3 is 0 Å². The van der Waals surface area contributed by atoms with E-state index in [0.29, 0.717) is 59.4 Å². The summed E-state index contributed by atoms with van der Waals surface area (Å²) in [6, 6.07) is 14.5. The highest BCUT2D eigenvalue weighted by molar-refractivity contribution is 6.30. The average molecular weight is 592 g/mol. The van der Waals surface area contributed by atoms with Gasteiger partial charge < -0.3 is 15.1 Å². The molecule has 3 amide bonds. The molecule has 1 atom stereocenters. The molecule has 220 valence electrons. The number of carbonyl (C=O) groups excluding carboxylic acids is 3. The van der Waals surface area contributed by atoms with E-state index in [1.807, 2.05) is 25.1 Å². The van der Waals surface area contributed by atoms with Crippen LogP contribution in [-0.2, 0) is 22.7 Å². The standard InChI is InChI=1S/C32H35ClFN5O3/c1-21(5-8-31(41)37-20-40)39-19-25-13-23(6-7-27(25)32(39)42)17-35-16-22-9-11-38(12-10-22)30-15-29(34)28(18-36-30)24-3-2-4-26(33)14-24/h2-4,6-7,13-15,18,20-22,35H,5,8-12,16-17,19H2,1H3,(H,37,40,41). The lowest BCUT2D eigenvalue weighted by Crippen LogP contribution is -2.37. The predicted octanol–water partition coefficient (Wildman–Crippen LogP) is 4.94. The molecular formula is C32H35ClFN5O3. The molecule has 1 unspecified atom stereocenters. The lowest BCUT2D eigenvalue weighted by atomic mass is 9.96. The number of halogens is 2. The van der Waals surface area contributed by atoms with E-state index in [4.69, 9.17) is 11.6 Å². The van der Waals surface area contributed by atoms with E-state index in [0.717, 1.165) is 43.6 Å². The third-order valence-electron chi connectivity index (χ3n) is 8.22. The molecule has 0 aliphatic carbocycles. The zero-order valence-electron chi connectivity index (χ0n) is 23.6. The van der Waals surface area contributed by atoms with E-state index in [-0.39, 0.29) is 30.1 Å². The number of nitrogens with zero attached hydrogens (tertiary/aromatic N) is 3. The Balaban J connectivity index is 1.08. The molecule has 42 heavy (non-hydrogen) atoms. The van der Waals surface area contributed by atoms with Crippen molar-refractivity contribution >= 4 is 35.6 Å². The minimum absolute atomic E-state index is 0.0203. The molecule has 0 radical (unpaired) electrons. The number of piperidine rings is 1. The summed E-state index contributed by atoms with van der Waals surface area (Å²) >= 11 is 6.06. The van der Waals surface area contributed by atoms with Crippen LogP contribution in [0.5, 0.6) is 0 Å². The highest BCUT2D eigenvalue weighted by Crippen LogP contribution is 2.29. The van der Waals surface area contributed by atoms with Crippen LogP contribution in [0.2, 0.25) is 5.02 Å². The second-order valence-electron chi connectivity index (χ2n) is 11.1. The van der Waals surface area contributed by atoms with Gasteiger partial charge in [-0.3, -0.25) is 19.7 Å². The van der Waals surface area contributed by atoms with E-state index in [1.165, 1.54) is 6.07 Å². The predicted molar refractivity (Wildman–Crippen MR) is 161 cm³/mol. The van der Waals surface area contributed by atoms with Gasteiger partial charge in [0.1, 0.15) is 11.6 Å².